The minimum Gasteiger partial charge on any atom is -0.367 e. The predicted octanol–water partition coefficient (Wildman–Crippen LogP) is 8.61. The van der Waals surface area contributed by atoms with Gasteiger partial charge in [-0.15, -0.1) is 0 Å². The average molecular weight is 626 g/mol. The van der Waals surface area contributed by atoms with Crippen molar-refractivity contribution in [3.8, 4) is 11.3 Å². The van der Waals surface area contributed by atoms with Gasteiger partial charge in [0.15, 0.2) is 0 Å². The van der Waals surface area contributed by atoms with Crippen LogP contribution in [0.5, 0.6) is 0 Å². The molecule has 2 aromatic carbocycles. The highest BCUT2D eigenvalue weighted by Gasteiger charge is 2.24. The van der Waals surface area contributed by atoms with E-state index in [1.54, 1.807) is 25.1 Å². The minimum atomic E-state index is -0.461. The van der Waals surface area contributed by atoms with Crippen molar-refractivity contribution in [1.29, 1.82) is 0 Å². The molecule has 0 saturated heterocycles. The molecule has 1 atom stereocenters. The zero-order valence-electron chi connectivity index (χ0n) is 25.1. The molecule has 0 radical (unpaired) electrons. The predicted molar refractivity (Wildman–Crippen MR) is 173 cm³/mol. The van der Waals surface area contributed by atoms with Crippen molar-refractivity contribution in [2.75, 3.05) is 18.4 Å². The molecule has 0 fully saturated rings. The highest BCUT2D eigenvalue weighted by Crippen LogP contribution is 2.37. The summed E-state index contributed by atoms with van der Waals surface area (Å²) in [6, 6.07) is 12.5. The van der Waals surface area contributed by atoms with Crippen LogP contribution in [0.1, 0.15) is 70.3 Å². The topological polar surface area (TPSA) is 97.0 Å². The zero-order valence-corrected chi connectivity index (χ0v) is 26.6. The molecule has 3 aromatic rings. The molecule has 10 heteroatoms. The number of nitrogens with one attached hydrogen (secondary N) is 1. The number of hydrogen-bond acceptors (Lipinski definition) is 5. The zero-order chi connectivity index (χ0) is 30.9. The first kappa shape index (κ1) is 32.5. The third-order valence-corrected chi connectivity index (χ3v) is 8.09. The van der Waals surface area contributed by atoms with Crippen LogP contribution in [0.25, 0.3) is 16.8 Å². The summed E-state index contributed by atoms with van der Waals surface area (Å²) in [4.78, 5) is 30.9. The quantitative estimate of drug-likeness (QED) is 0.215. The first-order chi connectivity index (χ1) is 20.7. The fourth-order valence-electron chi connectivity index (χ4n) is 5.14. The summed E-state index contributed by atoms with van der Waals surface area (Å²) < 4.78 is 12.1. The Morgan fingerprint density at radius 1 is 1.14 bits per heavy atom. The number of aryl methyl sites for hydroxylation is 1. The largest absolute Gasteiger partial charge is 0.367 e. The monoisotopic (exact) mass is 624 g/mol. The van der Waals surface area contributed by atoms with Crippen molar-refractivity contribution >= 4 is 52.1 Å². The number of nitrogens with zero attached hydrogens (tertiary/aromatic N) is 3. The van der Waals surface area contributed by atoms with Crippen LogP contribution in [0.2, 0.25) is 10.0 Å². The van der Waals surface area contributed by atoms with Crippen molar-refractivity contribution in [1.82, 2.24) is 10.1 Å². The summed E-state index contributed by atoms with van der Waals surface area (Å²) in [5.41, 5.74) is 5.41. The summed E-state index contributed by atoms with van der Waals surface area (Å²) in [5, 5.41) is 8.16. The highest BCUT2D eigenvalue weighted by atomic mass is 35.5. The van der Waals surface area contributed by atoms with Crippen molar-refractivity contribution in [3.63, 3.8) is 0 Å². The van der Waals surface area contributed by atoms with Crippen molar-refractivity contribution in [2.24, 2.45) is 4.99 Å². The van der Waals surface area contributed by atoms with Gasteiger partial charge in [0, 0.05) is 43.2 Å². The van der Waals surface area contributed by atoms with E-state index in [2.05, 4.69) is 28.5 Å². The van der Waals surface area contributed by atoms with Crippen LogP contribution < -0.4 is 5.32 Å². The second-order valence-electron chi connectivity index (χ2n) is 10.4. The lowest BCUT2D eigenvalue weighted by atomic mass is 9.99. The number of halogens is 2. The smallest absolute Gasteiger partial charge is 0.345 e. The molecule has 3 amide bonds. The van der Waals surface area contributed by atoms with Gasteiger partial charge in [0.25, 0.3) is 0 Å². The lowest BCUT2D eigenvalue weighted by Gasteiger charge is -2.25. The molecule has 2 heterocycles. The second-order valence-corrected chi connectivity index (χ2v) is 11.2. The van der Waals surface area contributed by atoms with E-state index in [0.29, 0.717) is 65.1 Å². The van der Waals surface area contributed by atoms with E-state index in [4.69, 9.17) is 32.5 Å². The first-order valence-electron chi connectivity index (χ1n) is 14.7. The second kappa shape index (κ2) is 15.3. The number of aliphatic imine (C=N–C) groups is 1. The average Bonchev–Trinajstić information content (AvgIpc) is 3.38. The highest BCUT2D eigenvalue weighted by molar-refractivity contribution is 6.39. The van der Waals surface area contributed by atoms with Gasteiger partial charge in [0.1, 0.15) is 11.5 Å². The van der Waals surface area contributed by atoms with Crippen molar-refractivity contribution < 1.29 is 18.8 Å². The number of rotatable bonds is 11. The Morgan fingerprint density at radius 2 is 1.88 bits per heavy atom. The molecule has 4 rings (SSSR count). The van der Waals surface area contributed by atoms with Crippen molar-refractivity contribution in [3.05, 3.63) is 75.5 Å². The van der Waals surface area contributed by atoms with Gasteiger partial charge in [-0.3, -0.25) is 4.79 Å². The van der Waals surface area contributed by atoms with Gasteiger partial charge in [-0.2, -0.15) is 0 Å². The third-order valence-electron chi connectivity index (χ3n) is 7.46. The Morgan fingerprint density at radius 3 is 2.51 bits per heavy atom. The summed E-state index contributed by atoms with van der Waals surface area (Å²) in [6.45, 7) is 9.07. The maximum atomic E-state index is 13.0. The summed E-state index contributed by atoms with van der Waals surface area (Å²) in [5.74, 6) is 0.793. The van der Waals surface area contributed by atoms with Crippen LogP contribution in [-0.4, -0.2) is 46.9 Å². The Hall–Kier alpha value is -3.46. The lowest BCUT2D eigenvalue weighted by molar-refractivity contribution is -0.128. The molecule has 1 unspecified atom stereocenters. The van der Waals surface area contributed by atoms with E-state index in [-0.39, 0.29) is 12.5 Å². The van der Waals surface area contributed by atoms with E-state index in [9.17, 15) is 9.59 Å². The number of benzene rings is 2. The Labute approximate surface area is 263 Å². The molecule has 0 bridgehead atoms. The first-order valence-corrected chi connectivity index (χ1v) is 15.5. The standard InChI is InChI=1S/C33H38Cl2N4O4/c1-5-10-30-25(32(38-43-30)31-26(34)13-9-14-27(31)35)20-42-29(7-3)28(6-2)37-33(41)36-24-12-8-11-23(19-24)22-15-17-39(18-16-22)21(4)40/h8-9,11-15,19,29H,5-7,10,16-18,20H2,1-4H3,(H,36,41). The number of amides is 3. The van der Waals surface area contributed by atoms with Gasteiger partial charge in [-0.25, -0.2) is 9.79 Å². The minimum absolute atomic E-state index is 0.0727. The number of anilines is 1. The molecule has 228 valence electrons. The van der Waals surface area contributed by atoms with Gasteiger partial charge < -0.3 is 19.5 Å². The number of carbonyl (C=O) groups excluding carboxylic acids is 2. The van der Waals surface area contributed by atoms with Gasteiger partial charge >= 0.3 is 6.03 Å². The number of carbonyl (C=O) groups is 2. The molecule has 43 heavy (non-hydrogen) atoms. The van der Waals surface area contributed by atoms with Crippen LogP contribution in [0, 0.1) is 0 Å². The van der Waals surface area contributed by atoms with Crippen LogP contribution in [0.15, 0.2) is 58.1 Å². The summed E-state index contributed by atoms with van der Waals surface area (Å²) in [6.07, 6.45) is 5.16. The third kappa shape index (κ3) is 8.13. The Balaban J connectivity index is 1.48. The van der Waals surface area contributed by atoms with Crippen LogP contribution >= 0.6 is 23.2 Å². The van der Waals surface area contributed by atoms with Crippen molar-refractivity contribution in [2.45, 2.75) is 72.5 Å². The van der Waals surface area contributed by atoms with Gasteiger partial charge in [-0.1, -0.05) is 73.4 Å². The van der Waals surface area contributed by atoms with Crippen LogP contribution in [0.4, 0.5) is 10.5 Å². The molecular formula is C33H38Cl2N4O4. The molecule has 1 aromatic heterocycles. The molecule has 1 aliphatic rings. The molecule has 1 aliphatic heterocycles. The van der Waals surface area contributed by atoms with Crippen LogP contribution in [-0.2, 0) is 22.6 Å². The fraction of sp³-hybridized carbons (Fsp3) is 0.394. The van der Waals surface area contributed by atoms with E-state index < -0.39 is 12.1 Å². The maximum absolute atomic E-state index is 13.0. The lowest BCUT2D eigenvalue weighted by Crippen LogP contribution is -2.32. The molecule has 8 nitrogen and oxygen atoms in total. The van der Waals surface area contributed by atoms with E-state index >= 15 is 0 Å². The molecule has 0 saturated carbocycles. The van der Waals surface area contributed by atoms with E-state index in [0.717, 1.165) is 35.3 Å². The Kier molecular flexibility index (Phi) is 11.6. The fourth-order valence-corrected chi connectivity index (χ4v) is 5.72. The van der Waals surface area contributed by atoms with E-state index in [1.165, 1.54) is 0 Å². The summed E-state index contributed by atoms with van der Waals surface area (Å²) in [7, 11) is 0. The maximum Gasteiger partial charge on any atom is 0.345 e. The molecule has 0 spiro atoms. The van der Waals surface area contributed by atoms with Gasteiger partial charge in [0.2, 0.25) is 5.91 Å². The molecular weight excluding hydrogens is 587 g/mol. The number of aromatic nitrogens is 1. The molecule has 0 aliphatic carbocycles. The van der Waals surface area contributed by atoms with Crippen LogP contribution in [0.3, 0.4) is 0 Å². The number of ether oxygens (including phenoxy) is 1. The molecule has 1 N–H and O–H groups in total. The summed E-state index contributed by atoms with van der Waals surface area (Å²) >= 11 is 13.0. The van der Waals surface area contributed by atoms with Gasteiger partial charge in [-0.05, 0) is 61.1 Å². The number of urea groups is 1. The number of hydrogen-bond donors (Lipinski definition) is 1. The Bertz CT molecular complexity index is 1490. The normalized spacial score (nSPS) is 14.4. The van der Waals surface area contributed by atoms with Gasteiger partial charge in [0.05, 0.1) is 28.5 Å². The SMILES string of the molecule is CCCc1onc(-c2c(Cl)cccc2Cl)c1COC(CC)C(CC)=NC(=O)Nc1cccc(C2=CCN(C(C)=O)CC2)c1. The van der Waals surface area contributed by atoms with E-state index in [1.807, 2.05) is 43.0 Å².